The summed E-state index contributed by atoms with van der Waals surface area (Å²) in [7, 11) is 0. The van der Waals surface area contributed by atoms with Gasteiger partial charge >= 0.3 is 12.1 Å². The standard InChI is InChI=1S/C26H23F5N4O4/c27-18-8-6-16(10-19(18)28)11-20(23(36)34-14-17-7-9-22(32)33-13-17)35-24(37)21(39-25(38)26(29,30)31)12-15-4-2-1-3-5-15/h1-10,13,20-21H,11-12,14H2,(H2,32,33)(H,34,36)(H,35,37)/t20-,21+/m0/s1. The Hall–Kier alpha value is -4.55. The summed E-state index contributed by atoms with van der Waals surface area (Å²) in [5, 5.41) is 4.81. The number of rotatable bonds is 10. The van der Waals surface area contributed by atoms with E-state index in [1.807, 2.05) is 0 Å². The fourth-order valence-electron chi connectivity index (χ4n) is 3.44. The molecule has 4 N–H and O–H groups in total. The van der Waals surface area contributed by atoms with Crippen molar-refractivity contribution in [3.05, 3.63) is 95.2 Å². The monoisotopic (exact) mass is 550 g/mol. The number of carbonyl (C=O) groups excluding carboxylic acids is 3. The molecule has 0 bridgehead atoms. The van der Waals surface area contributed by atoms with Crippen molar-refractivity contribution in [1.29, 1.82) is 0 Å². The van der Waals surface area contributed by atoms with E-state index in [0.717, 1.165) is 12.1 Å². The first-order chi connectivity index (χ1) is 18.4. The molecule has 0 fully saturated rings. The summed E-state index contributed by atoms with van der Waals surface area (Å²) < 4.78 is 70.3. The first-order valence-electron chi connectivity index (χ1n) is 11.5. The molecule has 0 radical (unpaired) electrons. The van der Waals surface area contributed by atoms with Gasteiger partial charge in [0.05, 0.1) is 0 Å². The van der Waals surface area contributed by atoms with Gasteiger partial charge in [0.15, 0.2) is 17.7 Å². The van der Waals surface area contributed by atoms with Gasteiger partial charge < -0.3 is 21.1 Å². The number of benzene rings is 2. The van der Waals surface area contributed by atoms with E-state index in [1.54, 1.807) is 24.3 Å². The highest BCUT2D eigenvalue weighted by Crippen LogP contribution is 2.19. The quantitative estimate of drug-likeness (QED) is 0.264. The van der Waals surface area contributed by atoms with E-state index in [0.29, 0.717) is 11.1 Å². The number of hydrogen-bond donors (Lipinski definition) is 3. The molecule has 13 heteroatoms. The Morgan fingerprint density at radius 2 is 1.56 bits per heavy atom. The van der Waals surface area contributed by atoms with Gasteiger partial charge in [-0.15, -0.1) is 0 Å². The first kappa shape index (κ1) is 29.0. The fraction of sp³-hybridized carbons (Fsp3) is 0.231. The Morgan fingerprint density at radius 1 is 0.872 bits per heavy atom. The van der Waals surface area contributed by atoms with Crippen LogP contribution in [0.4, 0.5) is 27.8 Å². The molecule has 0 aliphatic rings. The lowest BCUT2D eigenvalue weighted by Gasteiger charge is -2.23. The van der Waals surface area contributed by atoms with Crippen molar-refractivity contribution in [1.82, 2.24) is 15.6 Å². The first-order valence-corrected chi connectivity index (χ1v) is 11.5. The van der Waals surface area contributed by atoms with Crippen LogP contribution in [0.25, 0.3) is 0 Å². The Bertz CT molecular complexity index is 1300. The van der Waals surface area contributed by atoms with Crippen LogP contribution in [0.2, 0.25) is 0 Å². The summed E-state index contributed by atoms with van der Waals surface area (Å²) in [4.78, 5) is 41.5. The predicted molar refractivity (Wildman–Crippen MR) is 129 cm³/mol. The number of nitrogen functional groups attached to an aromatic ring is 1. The van der Waals surface area contributed by atoms with E-state index < -0.39 is 54.2 Å². The predicted octanol–water partition coefficient (Wildman–Crippen LogP) is 3.00. The van der Waals surface area contributed by atoms with Crippen LogP contribution in [0.1, 0.15) is 16.7 Å². The van der Waals surface area contributed by atoms with Crippen LogP contribution in [-0.4, -0.2) is 41.1 Å². The Morgan fingerprint density at radius 3 is 2.18 bits per heavy atom. The summed E-state index contributed by atoms with van der Waals surface area (Å²) >= 11 is 0. The molecule has 206 valence electrons. The van der Waals surface area contributed by atoms with Gasteiger partial charge in [-0.3, -0.25) is 9.59 Å². The van der Waals surface area contributed by atoms with E-state index in [2.05, 4.69) is 20.4 Å². The van der Waals surface area contributed by atoms with Gasteiger partial charge in [0, 0.05) is 25.6 Å². The Balaban J connectivity index is 1.83. The second-order valence-corrected chi connectivity index (χ2v) is 8.40. The molecule has 0 saturated carbocycles. The minimum absolute atomic E-state index is 0.0627. The summed E-state index contributed by atoms with van der Waals surface area (Å²) in [5.74, 6) is -6.69. The van der Waals surface area contributed by atoms with Crippen molar-refractivity contribution < 1.29 is 41.1 Å². The highest BCUT2D eigenvalue weighted by Gasteiger charge is 2.43. The van der Waals surface area contributed by atoms with Crippen LogP contribution in [0.3, 0.4) is 0 Å². The number of pyridine rings is 1. The molecule has 1 heterocycles. The van der Waals surface area contributed by atoms with Crippen LogP contribution in [0.5, 0.6) is 0 Å². The maximum Gasteiger partial charge on any atom is 0.490 e. The number of halogens is 5. The van der Waals surface area contributed by atoms with E-state index in [1.165, 1.54) is 30.5 Å². The lowest BCUT2D eigenvalue weighted by Crippen LogP contribution is -2.52. The van der Waals surface area contributed by atoms with Gasteiger partial charge in [0.25, 0.3) is 5.91 Å². The molecule has 3 aromatic rings. The number of amides is 2. The molecule has 0 aliphatic carbocycles. The highest BCUT2D eigenvalue weighted by atomic mass is 19.4. The van der Waals surface area contributed by atoms with E-state index in [9.17, 15) is 36.3 Å². The maximum atomic E-state index is 13.8. The molecule has 8 nitrogen and oxygen atoms in total. The van der Waals surface area contributed by atoms with Gasteiger partial charge in [-0.2, -0.15) is 13.2 Å². The second kappa shape index (κ2) is 12.8. The Kier molecular flexibility index (Phi) is 9.52. The number of esters is 1. The smallest absolute Gasteiger partial charge is 0.445 e. The van der Waals surface area contributed by atoms with Crippen LogP contribution >= 0.6 is 0 Å². The molecule has 1 aromatic heterocycles. The number of aromatic nitrogens is 1. The van der Waals surface area contributed by atoms with Gasteiger partial charge in [0.1, 0.15) is 11.9 Å². The zero-order valence-electron chi connectivity index (χ0n) is 20.2. The number of ether oxygens (including phenoxy) is 1. The summed E-state index contributed by atoms with van der Waals surface area (Å²) in [5.41, 5.74) is 6.55. The lowest BCUT2D eigenvalue weighted by atomic mass is 10.0. The van der Waals surface area contributed by atoms with E-state index >= 15 is 0 Å². The van der Waals surface area contributed by atoms with E-state index in [4.69, 9.17) is 5.73 Å². The number of nitrogens with zero attached hydrogens (tertiary/aromatic N) is 1. The number of hydrogen-bond acceptors (Lipinski definition) is 6. The fourth-order valence-corrected chi connectivity index (χ4v) is 3.44. The molecule has 0 aliphatic heterocycles. The maximum absolute atomic E-state index is 13.8. The summed E-state index contributed by atoms with van der Waals surface area (Å²) in [6.07, 6.45) is -6.72. The van der Waals surface area contributed by atoms with Crippen molar-refractivity contribution in [2.45, 2.75) is 37.7 Å². The van der Waals surface area contributed by atoms with Crippen LogP contribution in [-0.2, 0) is 38.5 Å². The largest absolute Gasteiger partial charge is 0.490 e. The lowest BCUT2D eigenvalue weighted by molar-refractivity contribution is -0.205. The Labute approximate surface area is 219 Å². The van der Waals surface area contributed by atoms with Crippen molar-refractivity contribution in [2.75, 3.05) is 5.73 Å². The van der Waals surface area contributed by atoms with E-state index in [-0.39, 0.29) is 24.3 Å². The molecule has 39 heavy (non-hydrogen) atoms. The van der Waals surface area contributed by atoms with Gasteiger partial charge in [0.2, 0.25) is 5.91 Å². The van der Waals surface area contributed by atoms with Crippen molar-refractivity contribution in [3.63, 3.8) is 0 Å². The van der Waals surface area contributed by atoms with Crippen molar-refractivity contribution in [2.24, 2.45) is 0 Å². The topological polar surface area (TPSA) is 123 Å². The molecule has 3 rings (SSSR count). The third kappa shape index (κ3) is 8.76. The van der Waals surface area contributed by atoms with Crippen LogP contribution in [0, 0.1) is 11.6 Å². The molecular formula is C26H23F5N4O4. The number of alkyl halides is 3. The zero-order chi connectivity index (χ0) is 28.6. The molecule has 0 spiro atoms. The SMILES string of the molecule is Nc1ccc(CNC(=O)[C@H](Cc2ccc(F)c(F)c2)NC(=O)[C@@H](Cc2ccccc2)OC(=O)C(F)(F)F)cn1. The molecule has 2 atom stereocenters. The zero-order valence-corrected chi connectivity index (χ0v) is 20.2. The number of carbonyl (C=O) groups is 3. The number of nitrogens with two attached hydrogens (primary N) is 1. The number of nitrogens with one attached hydrogen (secondary N) is 2. The van der Waals surface area contributed by atoms with Crippen molar-refractivity contribution >= 4 is 23.6 Å². The number of anilines is 1. The average Bonchev–Trinajstić information content (AvgIpc) is 2.89. The van der Waals surface area contributed by atoms with Crippen LogP contribution < -0.4 is 16.4 Å². The van der Waals surface area contributed by atoms with Crippen molar-refractivity contribution in [3.8, 4) is 0 Å². The average molecular weight is 550 g/mol. The third-order valence-corrected chi connectivity index (χ3v) is 5.41. The molecule has 0 unspecified atom stereocenters. The summed E-state index contributed by atoms with van der Waals surface area (Å²) in [6, 6.07) is 12.2. The van der Waals surface area contributed by atoms with Gasteiger partial charge in [-0.1, -0.05) is 42.5 Å². The minimum Gasteiger partial charge on any atom is -0.445 e. The molecule has 2 aromatic carbocycles. The second-order valence-electron chi connectivity index (χ2n) is 8.40. The van der Waals surface area contributed by atoms with Gasteiger partial charge in [-0.05, 0) is 34.9 Å². The van der Waals surface area contributed by atoms with Gasteiger partial charge in [-0.25, -0.2) is 18.6 Å². The normalized spacial score (nSPS) is 12.7. The molecular weight excluding hydrogens is 527 g/mol. The highest BCUT2D eigenvalue weighted by molar-refractivity contribution is 5.91. The summed E-state index contributed by atoms with van der Waals surface area (Å²) in [6.45, 7) is -0.0627. The van der Waals surface area contributed by atoms with Crippen LogP contribution in [0.15, 0.2) is 66.9 Å². The molecule has 2 amide bonds. The third-order valence-electron chi connectivity index (χ3n) is 5.41. The molecule has 0 saturated heterocycles. The minimum atomic E-state index is -5.37.